The second kappa shape index (κ2) is 7.44. The van der Waals surface area contributed by atoms with Crippen LogP contribution in [-0.2, 0) is 6.42 Å². The van der Waals surface area contributed by atoms with Gasteiger partial charge in [-0.15, -0.1) is 0 Å². The Morgan fingerprint density at radius 2 is 2.27 bits per heavy atom. The number of nitrogens with one attached hydrogen (secondary N) is 1. The zero-order chi connectivity index (χ0) is 15.3. The molecule has 4 nitrogen and oxygen atoms in total. The van der Waals surface area contributed by atoms with E-state index < -0.39 is 0 Å². The fourth-order valence-corrected chi connectivity index (χ4v) is 5.18. The van der Waals surface area contributed by atoms with Crippen LogP contribution >= 0.6 is 11.8 Å². The summed E-state index contributed by atoms with van der Waals surface area (Å²) in [7, 11) is 1.89. The predicted octanol–water partition coefficient (Wildman–Crippen LogP) is 3.15. The van der Waals surface area contributed by atoms with E-state index in [-0.39, 0.29) is 0 Å². The van der Waals surface area contributed by atoms with Crippen molar-refractivity contribution >= 4 is 17.7 Å². The van der Waals surface area contributed by atoms with E-state index in [9.17, 15) is 0 Å². The van der Waals surface area contributed by atoms with Crippen LogP contribution in [0.5, 0.6) is 0 Å². The Balaban J connectivity index is 1.53. The van der Waals surface area contributed by atoms with Gasteiger partial charge < -0.3 is 14.6 Å². The molecule has 0 radical (unpaired) electrons. The lowest BCUT2D eigenvalue weighted by Gasteiger charge is -2.45. The Morgan fingerprint density at radius 3 is 3.00 bits per heavy atom. The summed E-state index contributed by atoms with van der Waals surface area (Å²) in [6.45, 7) is 3.13. The SMILES string of the molecule is CN=C(NCCc1ccco1)N1CCSC2(CCCCC2)C1. The second-order valence-corrected chi connectivity index (χ2v) is 7.88. The number of aliphatic imine (C=N–C) groups is 1. The number of nitrogens with zero attached hydrogens (tertiary/aromatic N) is 2. The molecule has 22 heavy (non-hydrogen) atoms. The highest BCUT2D eigenvalue weighted by molar-refractivity contribution is 8.00. The van der Waals surface area contributed by atoms with Gasteiger partial charge in [-0.05, 0) is 25.0 Å². The lowest BCUT2D eigenvalue weighted by atomic mass is 9.87. The second-order valence-electron chi connectivity index (χ2n) is 6.32. The van der Waals surface area contributed by atoms with Crippen LogP contribution < -0.4 is 5.32 Å². The minimum absolute atomic E-state index is 0.481. The summed E-state index contributed by atoms with van der Waals surface area (Å²) in [6, 6.07) is 3.97. The molecule has 1 aliphatic carbocycles. The summed E-state index contributed by atoms with van der Waals surface area (Å²) >= 11 is 2.20. The fourth-order valence-electron chi connectivity index (χ4n) is 3.61. The van der Waals surface area contributed by atoms with Gasteiger partial charge in [0.1, 0.15) is 5.76 Å². The number of hydrogen-bond acceptors (Lipinski definition) is 3. The molecule has 2 aliphatic rings. The van der Waals surface area contributed by atoms with E-state index in [2.05, 4.69) is 27.0 Å². The first-order valence-electron chi connectivity index (χ1n) is 8.43. The van der Waals surface area contributed by atoms with Crippen LogP contribution in [0.15, 0.2) is 27.8 Å². The average molecular weight is 321 g/mol. The minimum atomic E-state index is 0.481. The highest BCUT2D eigenvalue weighted by atomic mass is 32.2. The Morgan fingerprint density at radius 1 is 1.41 bits per heavy atom. The van der Waals surface area contributed by atoms with Gasteiger partial charge in [0, 0.05) is 43.6 Å². The quantitative estimate of drug-likeness (QED) is 0.686. The van der Waals surface area contributed by atoms with Gasteiger partial charge in [0.25, 0.3) is 0 Å². The molecule has 122 valence electrons. The van der Waals surface area contributed by atoms with Gasteiger partial charge >= 0.3 is 0 Å². The maximum atomic E-state index is 5.39. The summed E-state index contributed by atoms with van der Waals surface area (Å²) in [5, 5.41) is 3.51. The van der Waals surface area contributed by atoms with Crippen LogP contribution in [-0.4, -0.2) is 48.0 Å². The lowest BCUT2D eigenvalue weighted by molar-refractivity contribution is 0.293. The number of furan rings is 1. The maximum absolute atomic E-state index is 5.39. The van der Waals surface area contributed by atoms with E-state index in [4.69, 9.17) is 4.42 Å². The molecule has 5 heteroatoms. The van der Waals surface area contributed by atoms with Gasteiger partial charge in [-0.1, -0.05) is 19.3 Å². The normalized spacial score (nSPS) is 22.0. The third-order valence-electron chi connectivity index (χ3n) is 4.76. The third-order valence-corrected chi connectivity index (χ3v) is 6.30. The first kappa shape index (κ1) is 15.8. The van der Waals surface area contributed by atoms with Crippen LogP contribution in [0.4, 0.5) is 0 Å². The molecule has 1 aromatic heterocycles. The van der Waals surface area contributed by atoms with E-state index in [0.29, 0.717) is 4.75 Å². The number of thioether (sulfide) groups is 1. The molecule has 1 spiro atoms. The molecule has 0 bridgehead atoms. The van der Waals surface area contributed by atoms with Crippen molar-refractivity contribution in [3.63, 3.8) is 0 Å². The summed E-state index contributed by atoms with van der Waals surface area (Å²) < 4.78 is 5.87. The molecule has 2 fully saturated rings. The first-order chi connectivity index (χ1) is 10.8. The molecule has 0 aromatic carbocycles. The van der Waals surface area contributed by atoms with E-state index in [1.165, 1.54) is 37.9 Å². The van der Waals surface area contributed by atoms with Crippen molar-refractivity contribution in [3.8, 4) is 0 Å². The number of hydrogen-bond donors (Lipinski definition) is 1. The van der Waals surface area contributed by atoms with Gasteiger partial charge in [-0.25, -0.2) is 0 Å². The first-order valence-corrected chi connectivity index (χ1v) is 9.42. The minimum Gasteiger partial charge on any atom is -0.469 e. The molecule has 1 aliphatic heterocycles. The monoisotopic (exact) mass is 321 g/mol. The van der Waals surface area contributed by atoms with Crippen molar-refractivity contribution in [2.24, 2.45) is 4.99 Å². The van der Waals surface area contributed by atoms with Crippen molar-refractivity contribution in [3.05, 3.63) is 24.2 Å². The summed E-state index contributed by atoms with van der Waals surface area (Å²) in [6.07, 6.45) is 9.59. The Labute approximate surface area is 137 Å². The zero-order valence-corrected chi connectivity index (χ0v) is 14.3. The fraction of sp³-hybridized carbons (Fsp3) is 0.706. The van der Waals surface area contributed by atoms with Crippen molar-refractivity contribution in [1.82, 2.24) is 10.2 Å². The van der Waals surface area contributed by atoms with Gasteiger partial charge in [0.2, 0.25) is 0 Å². The number of guanidine groups is 1. The van der Waals surface area contributed by atoms with Gasteiger partial charge in [0.05, 0.1) is 6.26 Å². The van der Waals surface area contributed by atoms with Crippen molar-refractivity contribution in [2.45, 2.75) is 43.3 Å². The molecule has 0 amide bonds. The molecule has 3 rings (SSSR count). The van der Waals surface area contributed by atoms with Crippen molar-refractivity contribution < 1.29 is 4.42 Å². The van der Waals surface area contributed by atoms with Crippen LogP contribution in [0.3, 0.4) is 0 Å². The maximum Gasteiger partial charge on any atom is 0.193 e. The Hall–Kier alpha value is -1.10. The third kappa shape index (κ3) is 3.80. The Kier molecular flexibility index (Phi) is 5.34. The molecule has 1 saturated carbocycles. The smallest absolute Gasteiger partial charge is 0.193 e. The summed E-state index contributed by atoms with van der Waals surface area (Å²) in [4.78, 5) is 6.96. The van der Waals surface area contributed by atoms with Gasteiger partial charge in [-0.3, -0.25) is 4.99 Å². The number of rotatable bonds is 3. The standard InChI is InChI=1S/C17H27N3OS/c1-18-16(19-10-7-15-6-5-12-21-15)20-11-13-22-17(14-20)8-3-2-4-9-17/h5-6,12H,2-4,7-11,13-14H2,1H3,(H,18,19). The van der Waals surface area contributed by atoms with E-state index in [1.54, 1.807) is 6.26 Å². The molecular weight excluding hydrogens is 294 g/mol. The van der Waals surface area contributed by atoms with Crippen molar-refractivity contribution in [2.75, 3.05) is 32.4 Å². The highest BCUT2D eigenvalue weighted by Crippen LogP contribution is 2.42. The van der Waals surface area contributed by atoms with Crippen LogP contribution in [0.2, 0.25) is 0 Å². The molecular formula is C17H27N3OS. The molecule has 0 unspecified atom stereocenters. The molecule has 1 aromatic rings. The lowest BCUT2D eigenvalue weighted by Crippen LogP contribution is -2.53. The Bertz CT molecular complexity index is 475. The molecule has 0 atom stereocenters. The summed E-state index contributed by atoms with van der Waals surface area (Å²) in [5.74, 6) is 3.30. The average Bonchev–Trinajstić information content (AvgIpc) is 3.06. The van der Waals surface area contributed by atoms with E-state index in [0.717, 1.165) is 37.8 Å². The van der Waals surface area contributed by atoms with Gasteiger partial charge in [-0.2, -0.15) is 11.8 Å². The van der Waals surface area contributed by atoms with E-state index >= 15 is 0 Å². The van der Waals surface area contributed by atoms with E-state index in [1.807, 2.05) is 19.2 Å². The highest BCUT2D eigenvalue weighted by Gasteiger charge is 2.38. The predicted molar refractivity (Wildman–Crippen MR) is 93.6 cm³/mol. The van der Waals surface area contributed by atoms with Crippen molar-refractivity contribution in [1.29, 1.82) is 0 Å². The zero-order valence-electron chi connectivity index (χ0n) is 13.5. The largest absolute Gasteiger partial charge is 0.469 e. The van der Waals surface area contributed by atoms with Crippen LogP contribution in [0.1, 0.15) is 37.9 Å². The molecule has 1 N–H and O–H groups in total. The summed E-state index contributed by atoms with van der Waals surface area (Å²) in [5.41, 5.74) is 0. The molecule has 2 heterocycles. The topological polar surface area (TPSA) is 40.8 Å². The van der Waals surface area contributed by atoms with Gasteiger partial charge in [0.15, 0.2) is 5.96 Å². The molecule has 1 saturated heterocycles. The van der Waals surface area contributed by atoms with Crippen LogP contribution in [0.25, 0.3) is 0 Å². The van der Waals surface area contributed by atoms with Crippen LogP contribution in [0, 0.1) is 0 Å².